The molecule has 110 valence electrons. The minimum Gasteiger partial charge on any atom is -0.506 e. The van der Waals surface area contributed by atoms with E-state index in [9.17, 15) is 9.90 Å². The van der Waals surface area contributed by atoms with E-state index in [0.717, 1.165) is 5.56 Å². The third kappa shape index (κ3) is 3.20. The molecule has 0 fully saturated rings. The first-order valence-corrected chi connectivity index (χ1v) is 7.67. The number of pyridine rings is 1. The van der Waals surface area contributed by atoms with Gasteiger partial charge in [0.1, 0.15) is 16.4 Å². The van der Waals surface area contributed by atoms with E-state index >= 15 is 0 Å². The summed E-state index contributed by atoms with van der Waals surface area (Å²) in [6.45, 7) is 0. The lowest BCUT2D eigenvalue weighted by Gasteiger charge is -2.05. The van der Waals surface area contributed by atoms with Gasteiger partial charge in [-0.25, -0.2) is 4.79 Å². The maximum atomic E-state index is 12.1. The molecule has 0 aliphatic rings. The van der Waals surface area contributed by atoms with Gasteiger partial charge in [-0.05, 0) is 17.7 Å². The van der Waals surface area contributed by atoms with Crippen LogP contribution in [0.2, 0.25) is 0 Å². The highest BCUT2D eigenvalue weighted by atomic mass is 32.2. The van der Waals surface area contributed by atoms with Crippen LogP contribution in [0, 0.1) is 0 Å². The van der Waals surface area contributed by atoms with Crippen LogP contribution in [0.15, 0.2) is 75.0 Å². The number of rotatable bonds is 4. The Hall–Kier alpha value is -2.53. The van der Waals surface area contributed by atoms with Gasteiger partial charge in [0.15, 0.2) is 0 Å². The Kier molecular flexibility index (Phi) is 4.25. The number of aromatic hydroxyl groups is 1. The van der Waals surface area contributed by atoms with Crippen LogP contribution in [0.5, 0.6) is 5.75 Å². The van der Waals surface area contributed by atoms with Crippen molar-refractivity contribution in [2.75, 3.05) is 0 Å². The number of hydrogen-bond donors (Lipinski definition) is 1. The van der Waals surface area contributed by atoms with Gasteiger partial charge in [-0.3, -0.25) is 4.98 Å². The second-order valence-electron chi connectivity index (χ2n) is 4.63. The van der Waals surface area contributed by atoms with Crippen molar-refractivity contribution in [3.05, 3.63) is 76.9 Å². The Morgan fingerprint density at radius 2 is 1.95 bits per heavy atom. The molecule has 0 spiro atoms. The molecule has 5 heteroatoms. The van der Waals surface area contributed by atoms with Crippen LogP contribution in [0.1, 0.15) is 5.56 Å². The van der Waals surface area contributed by atoms with E-state index in [2.05, 4.69) is 4.98 Å². The molecule has 0 aliphatic carbocycles. The average molecular weight is 311 g/mol. The van der Waals surface area contributed by atoms with Crippen LogP contribution in [-0.4, -0.2) is 10.1 Å². The van der Waals surface area contributed by atoms with Crippen molar-refractivity contribution in [2.45, 2.75) is 10.6 Å². The summed E-state index contributed by atoms with van der Waals surface area (Å²) < 4.78 is 5.29. The zero-order chi connectivity index (χ0) is 15.4. The van der Waals surface area contributed by atoms with Gasteiger partial charge in [0.05, 0.1) is 0 Å². The maximum Gasteiger partial charge on any atom is 0.353 e. The lowest BCUT2D eigenvalue weighted by Crippen LogP contribution is -2.03. The first-order valence-electron chi connectivity index (χ1n) is 6.68. The minimum absolute atomic E-state index is 0.0731. The largest absolute Gasteiger partial charge is 0.506 e. The van der Waals surface area contributed by atoms with Crippen LogP contribution >= 0.6 is 11.8 Å². The van der Waals surface area contributed by atoms with Crippen LogP contribution in [-0.2, 0) is 5.75 Å². The van der Waals surface area contributed by atoms with Crippen molar-refractivity contribution in [1.29, 1.82) is 0 Å². The zero-order valence-electron chi connectivity index (χ0n) is 11.6. The number of nitrogens with zero attached hydrogens (tertiary/aromatic N) is 1. The first-order chi connectivity index (χ1) is 10.7. The van der Waals surface area contributed by atoms with Crippen molar-refractivity contribution >= 4 is 11.8 Å². The second kappa shape index (κ2) is 6.49. The first kappa shape index (κ1) is 14.4. The van der Waals surface area contributed by atoms with Crippen molar-refractivity contribution in [1.82, 2.24) is 4.98 Å². The Morgan fingerprint density at radius 3 is 2.64 bits per heavy atom. The molecule has 1 N–H and O–H groups in total. The molecule has 0 saturated carbocycles. The Morgan fingerprint density at radius 1 is 1.14 bits per heavy atom. The molecule has 3 aromatic rings. The number of aromatic nitrogens is 1. The second-order valence-corrected chi connectivity index (χ2v) is 5.61. The lowest BCUT2D eigenvalue weighted by atomic mass is 10.2. The number of thioether (sulfide) groups is 1. The molecule has 0 radical (unpaired) electrons. The van der Waals surface area contributed by atoms with Crippen molar-refractivity contribution in [3.8, 4) is 17.1 Å². The summed E-state index contributed by atoms with van der Waals surface area (Å²) in [6, 6.07) is 14.7. The average Bonchev–Trinajstić information content (AvgIpc) is 2.56. The third-order valence-corrected chi connectivity index (χ3v) is 4.20. The van der Waals surface area contributed by atoms with Gasteiger partial charge in [-0.1, -0.05) is 30.3 Å². The zero-order valence-corrected chi connectivity index (χ0v) is 12.4. The van der Waals surface area contributed by atoms with Crippen molar-refractivity contribution in [2.24, 2.45) is 0 Å². The Labute approximate surface area is 131 Å². The van der Waals surface area contributed by atoms with Crippen LogP contribution < -0.4 is 5.63 Å². The third-order valence-electron chi connectivity index (χ3n) is 3.06. The van der Waals surface area contributed by atoms with E-state index < -0.39 is 5.63 Å². The van der Waals surface area contributed by atoms with Crippen LogP contribution in [0.4, 0.5) is 0 Å². The SMILES string of the molecule is O=c1oc(-c2cccnc2)cc(O)c1SCc1ccccc1. The molecular formula is C17H13NO3S. The summed E-state index contributed by atoms with van der Waals surface area (Å²) in [5.41, 5.74) is 1.18. The van der Waals surface area contributed by atoms with E-state index in [1.165, 1.54) is 17.8 Å². The van der Waals surface area contributed by atoms with Crippen LogP contribution in [0.25, 0.3) is 11.3 Å². The van der Waals surface area contributed by atoms with Crippen molar-refractivity contribution in [3.63, 3.8) is 0 Å². The van der Waals surface area contributed by atoms with Crippen LogP contribution in [0.3, 0.4) is 0 Å². The highest BCUT2D eigenvalue weighted by molar-refractivity contribution is 7.98. The lowest BCUT2D eigenvalue weighted by molar-refractivity contribution is 0.430. The predicted octanol–water partition coefficient (Wildman–Crippen LogP) is 3.70. The Bertz CT molecular complexity index is 816. The quantitative estimate of drug-likeness (QED) is 0.744. The molecule has 0 aliphatic heterocycles. The monoisotopic (exact) mass is 311 g/mol. The summed E-state index contributed by atoms with van der Waals surface area (Å²) in [7, 11) is 0. The van der Waals surface area contributed by atoms with Gasteiger partial charge in [-0.2, -0.15) is 0 Å². The maximum absolute atomic E-state index is 12.1. The summed E-state index contributed by atoms with van der Waals surface area (Å²) in [5.74, 6) is 0.821. The molecule has 2 aromatic heterocycles. The summed E-state index contributed by atoms with van der Waals surface area (Å²) in [5, 5.41) is 10.1. The number of hydrogen-bond acceptors (Lipinski definition) is 5. The molecule has 3 rings (SSSR count). The molecule has 0 atom stereocenters. The van der Waals surface area contributed by atoms with Gasteiger partial charge in [0.2, 0.25) is 0 Å². The standard InChI is InChI=1S/C17H13NO3S/c19-14-9-15(13-7-4-8-18-10-13)21-17(20)16(14)22-11-12-5-2-1-3-6-12/h1-10,19H,11H2. The molecule has 0 saturated heterocycles. The molecule has 4 nitrogen and oxygen atoms in total. The minimum atomic E-state index is -0.542. The molecule has 1 aromatic carbocycles. The highest BCUT2D eigenvalue weighted by Gasteiger charge is 2.13. The molecule has 2 heterocycles. The highest BCUT2D eigenvalue weighted by Crippen LogP contribution is 2.31. The van der Waals surface area contributed by atoms with E-state index in [4.69, 9.17) is 4.42 Å². The fraction of sp³-hybridized carbons (Fsp3) is 0.0588. The molecule has 0 unspecified atom stereocenters. The predicted molar refractivity (Wildman–Crippen MR) is 85.9 cm³/mol. The molecule has 22 heavy (non-hydrogen) atoms. The Balaban J connectivity index is 1.86. The van der Waals surface area contributed by atoms with Gasteiger partial charge in [0.25, 0.3) is 0 Å². The summed E-state index contributed by atoms with van der Waals surface area (Å²) in [6.07, 6.45) is 3.21. The van der Waals surface area contributed by atoms with E-state index in [0.29, 0.717) is 17.1 Å². The van der Waals surface area contributed by atoms with E-state index in [1.54, 1.807) is 24.5 Å². The van der Waals surface area contributed by atoms with Crippen molar-refractivity contribution < 1.29 is 9.52 Å². The topological polar surface area (TPSA) is 63.3 Å². The van der Waals surface area contributed by atoms with Gasteiger partial charge in [0, 0.05) is 29.8 Å². The summed E-state index contributed by atoms with van der Waals surface area (Å²) in [4.78, 5) is 16.3. The fourth-order valence-corrected chi connectivity index (χ4v) is 2.85. The van der Waals surface area contributed by atoms with Gasteiger partial charge >= 0.3 is 5.63 Å². The van der Waals surface area contributed by atoms with Gasteiger partial charge in [-0.15, -0.1) is 11.8 Å². The summed E-state index contributed by atoms with van der Waals surface area (Å²) >= 11 is 1.26. The van der Waals surface area contributed by atoms with E-state index in [-0.39, 0.29) is 10.6 Å². The fourth-order valence-electron chi connectivity index (χ4n) is 1.98. The number of benzene rings is 1. The molecule has 0 amide bonds. The van der Waals surface area contributed by atoms with E-state index in [1.807, 2.05) is 30.3 Å². The normalized spacial score (nSPS) is 10.5. The molecule has 0 bridgehead atoms. The van der Waals surface area contributed by atoms with Gasteiger partial charge < -0.3 is 9.52 Å². The smallest absolute Gasteiger partial charge is 0.353 e. The molecular weight excluding hydrogens is 298 g/mol.